The Morgan fingerprint density at radius 1 is 1.00 bits per heavy atom. The first-order chi connectivity index (χ1) is 15.3. The molecule has 7 nitrogen and oxygen atoms in total. The van der Waals surface area contributed by atoms with Crippen LogP contribution >= 0.6 is 0 Å². The average Bonchev–Trinajstić information content (AvgIpc) is 3.33. The van der Waals surface area contributed by atoms with Crippen molar-refractivity contribution in [1.29, 1.82) is 0 Å². The van der Waals surface area contributed by atoms with Crippen LogP contribution in [0.25, 0.3) is 0 Å². The van der Waals surface area contributed by atoms with E-state index in [1.165, 1.54) is 30.5 Å². The highest BCUT2D eigenvalue weighted by molar-refractivity contribution is 7.89. The van der Waals surface area contributed by atoms with Crippen molar-refractivity contribution < 1.29 is 18.0 Å². The Morgan fingerprint density at radius 2 is 1.69 bits per heavy atom. The molecule has 2 aliphatic heterocycles. The lowest BCUT2D eigenvalue weighted by atomic mass is 9.96. The van der Waals surface area contributed by atoms with Crippen molar-refractivity contribution in [3.05, 3.63) is 23.8 Å². The van der Waals surface area contributed by atoms with Crippen LogP contribution in [-0.4, -0.2) is 49.2 Å². The number of amides is 2. The minimum absolute atomic E-state index is 0.00884. The monoisotopic (exact) mass is 461 g/mol. The standard InChI is InChI=1S/C24H35N3O4S/c1-17-15-19-16-21(12-13-22(19)27(17)18(2)28)32(30,31)26-14-8-11-23(26)24(29)25-20-9-6-4-3-5-7-10-20/h12-13,16-17,20,23H,3-11,14-15H2,1-2H3,(H,25,29)/t17-,23-/m1/s1. The molecule has 2 heterocycles. The first-order valence-corrected chi connectivity index (χ1v) is 13.5. The number of nitrogens with one attached hydrogen (secondary N) is 1. The third kappa shape index (κ3) is 4.57. The maximum atomic E-state index is 13.5. The molecule has 1 saturated carbocycles. The molecule has 0 unspecified atom stereocenters. The van der Waals surface area contributed by atoms with Crippen molar-refractivity contribution in [1.82, 2.24) is 9.62 Å². The van der Waals surface area contributed by atoms with E-state index in [9.17, 15) is 18.0 Å². The minimum Gasteiger partial charge on any atom is -0.352 e. The molecule has 2 fully saturated rings. The molecule has 3 aliphatic rings. The summed E-state index contributed by atoms with van der Waals surface area (Å²) in [5.41, 5.74) is 1.65. The van der Waals surface area contributed by atoms with Gasteiger partial charge in [-0.25, -0.2) is 8.42 Å². The second-order valence-electron chi connectivity index (χ2n) is 9.56. The Balaban J connectivity index is 1.51. The molecule has 176 valence electrons. The Bertz CT molecular complexity index is 969. The van der Waals surface area contributed by atoms with Crippen LogP contribution in [0.1, 0.15) is 77.2 Å². The van der Waals surface area contributed by atoms with Crippen LogP contribution in [0.2, 0.25) is 0 Å². The molecule has 1 saturated heterocycles. The number of hydrogen-bond donors (Lipinski definition) is 1. The van der Waals surface area contributed by atoms with Crippen molar-refractivity contribution in [2.45, 2.75) is 101 Å². The Kier molecular flexibility index (Phi) is 6.91. The molecular weight excluding hydrogens is 426 g/mol. The van der Waals surface area contributed by atoms with Gasteiger partial charge in [-0.3, -0.25) is 9.59 Å². The Labute approximate surface area is 191 Å². The van der Waals surface area contributed by atoms with E-state index in [0.29, 0.717) is 25.8 Å². The van der Waals surface area contributed by atoms with Gasteiger partial charge in [0, 0.05) is 31.2 Å². The van der Waals surface area contributed by atoms with Gasteiger partial charge in [0.25, 0.3) is 0 Å². The predicted octanol–water partition coefficient (Wildman–Crippen LogP) is 3.37. The molecule has 0 bridgehead atoms. The lowest BCUT2D eigenvalue weighted by Crippen LogP contribution is -2.48. The van der Waals surface area contributed by atoms with Crippen LogP contribution in [0.4, 0.5) is 5.69 Å². The summed E-state index contributed by atoms with van der Waals surface area (Å²) in [5.74, 6) is -0.202. The molecule has 2 amide bonds. The van der Waals surface area contributed by atoms with Crippen LogP contribution in [0, 0.1) is 0 Å². The van der Waals surface area contributed by atoms with Gasteiger partial charge in [0.1, 0.15) is 6.04 Å². The zero-order valence-corrected chi connectivity index (χ0v) is 20.0. The summed E-state index contributed by atoms with van der Waals surface area (Å²) >= 11 is 0. The molecule has 1 aromatic carbocycles. The number of rotatable bonds is 4. The zero-order chi connectivity index (χ0) is 22.9. The highest BCUT2D eigenvalue weighted by Gasteiger charge is 2.40. The van der Waals surface area contributed by atoms with E-state index in [2.05, 4.69) is 5.32 Å². The van der Waals surface area contributed by atoms with E-state index in [0.717, 1.165) is 36.9 Å². The molecule has 4 rings (SSSR count). The van der Waals surface area contributed by atoms with Gasteiger partial charge < -0.3 is 10.2 Å². The highest BCUT2D eigenvalue weighted by Crippen LogP contribution is 2.35. The Morgan fingerprint density at radius 3 is 2.38 bits per heavy atom. The van der Waals surface area contributed by atoms with Crippen LogP contribution in [0.3, 0.4) is 0 Å². The number of benzene rings is 1. The SMILES string of the molecule is CC(=O)N1c2ccc(S(=O)(=O)N3CCC[C@@H]3C(=O)NC3CCCCCCC3)cc2C[C@H]1C. The van der Waals surface area contributed by atoms with E-state index in [-0.39, 0.29) is 28.8 Å². The van der Waals surface area contributed by atoms with E-state index < -0.39 is 16.1 Å². The lowest BCUT2D eigenvalue weighted by molar-refractivity contribution is -0.125. The molecule has 1 aliphatic carbocycles. The number of anilines is 1. The van der Waals surface area contributed by atoms with Crippen LogP contribution < -0.4 is 10.2 Å². The Hall–Kier alpha value is -1.93. The molecule has 0 radical (unpaired) electrons. The maximum absolute atomic E-state index is 13.5. The van der Waals surface area contributed by atoms with Gasteiger partial charge >= 0.3 is 0 Å². The van der Waals surface area contributed by atoms with Crippen molar-refractivity contribution in [2.75, 3.05) is 11.4 Å². The van der Waals surface area contributed by atoms with Gasteiger partial charge in [0.15, 0.2) is 0 Å². The number of nitrogens with zero attached hydrogens (tertiary/aromatic N) is 2. The second kappa shape index (κ2) is 9.51. The summed E-state index contributed by atoms with van der Waals surface area (Å²) in [6.07, 6.45) is 9.71. The number of carbonyl (C=O) groups excluding carboxylic acids is 2. The summed E-state index contributed by atoms with van der Waals surface area (Å²) in [6.45, 7) is 3.85. The lowest BCUT2D eigenvalue weighted by Gasteiger charge is -2.27. The van der Waals surface area contributed by atoms with Crippen LogP contribution in [0.15, 0.2) is 23.1 Å². The molecule has 2 atom stereocenters. The van der Waals surface area contributed by atoms with E-state index in [1.54, 1.807) is 23.1 Å². The van der Waals surface area contributed by atoms with Crippen LogP contribution in [0.5, 0.6) is 0 Å². The summed E-state index contributed by atoms with van der Waals surface area (Å²) in [4.78, 5) is 27.0. The topological polar surface area (TPSA) is 86.8 Å². The minimum atomic E-state index is -3.79. The van der Waals surface area contributed by atoms with Crippen LogP contribution in [-0.2, 0) is 26.0 Å². The molecular formula is C24H35N3O4S. The molecule has 1 N–H and O–H groups in total. The van der Waals surface area contributed by atoms with Gasteiger partial charge in [0.05, 0.1) is 4.90 Å². The van der Waals surface area contributed by atoms with Gasteiger partial charge in [-0.05, 0) is 62.8 Å². The largest absolute Gasteiger partial charge is 0.352 e. The number of sulfonamides is 1. The highest BCUT2D eigenvalue weighted by atomic mass is 32.2. The first kappa shape index (κ1) is 23.2. The zero-order valence-electron chi connectivity index (χ0n) is 19.2. The van der Waals surface area contributed by atoms with E-state index >= 15 is 0 Å². The van der Waals surface area contributed by atoms with Gasteiger partial charge in [-0.15, -0.1) is 0 Å². The van der Waals surface area contributed by atoms with E-state index in [1.807, 2.05) is 6.92 Å². The molecule has 32 heavy (non-hydrogen) atoms. The van der Waals surface area contributed by atoms with Gasteiger partial charge in [-0.2, -0.15) is 4.31 Å². The quantitative estimate of drug-likeness (QED) is 0.745. The second-order valence-corrected chi connectivity index (χ2v) is 11.4. The fourth-order valence-corrected chi connectivity index (χ4v) is 7.28. The van der Waals surface area contributed by atoms with Gasteiger partial charge in [0.2, 0.25) is 21.8 Å². The molecule has 1 aromatic rings. The summed E-state index contributed by atoms with van der Waals surface area (Å²) < 4.78 is 28.4. The first-order valence-electron chi connectivity index (χ1n) is 12.0. The summed E-state index contributed by atoms with van der Waals surface area (Å²) in [5, 5.41) is 3.16. The molecule has 8 heteroatoms. The van der Waals surface area contributed by atoms with Crippen molar-refractivity contribution in [3.8, 4) is 0 Å². The van der Waals surface area contributed by atoms with Crippen molar-refractivity contribution >= 4 is 27.5 Å². The molecule has 0 spiro atoms. The van der Waals surface area contributed by atoms with Gasteiger partial charge in [-0.1, -0.05) is 32.1 Å². The van der Waals surface area contributed by atoms with E-state index in [4.69, 9.17) is 0 Å². The van der Waals surface area contributed by atoms with Crippen molar-refractivity contribution in [3.63, 3.8) is 0 Å². The fourth-order valence-electron chi connectivity index (χ4n) is 5.57. The smallest absolute Gasteiger partial charge is 0.243 e. The summed E-state index contributed by atoms with van der Waals surface area (Å²) in [6, 6.07) is 4.50. The predicted molar refractivity (Wildman–Crippen MR) is 124 cm³/mol. The fraction of sp³-hybridized carbons (Fsp3) is 0.667. The maximum Gasteiger partial charge on any atom is 0.243 e. The third-order valence-electron chi connectivity index (χ3n) is 7.17. The average molecular weight is 462 g/mol. The number of carbonyl (C=O) groups is 2. The van der Waals surface area contributed by atoms with Crippen molar-refractivity contribution in [2.24, 2.45) is 0 Å². The molecule has 0 aromatic heterocycles. The number of hydrogen-bond acceptors (Lipinski definition) is 4. The number of fused-ring (bicyclic) bond motifs is 1. The summed E-state index contributed by atoms with van der Waals surface area (Å²) in [7, 11) is -3.79. The third-order valence-corrected chi connectivity index (χ3v) is 9.07. The normalized spacial score (nSPS) is 25.2.